The molecule has 1 saturated carbocycles. The van der Waals surface area contributed by atoms with Crippen molar-refractivity contribution < 1.29 is 0 Å². The van der Waals surface area contributed by atoms with Gasteiger partial charge in [-0.25, -0.2) is 9.97 Å². The topological polar surface area (TPSA) is 25.8 Å². The van der Waals surface area contributed by atoms with Crippen molar-refractivity contribution in [1.29, 1.82) is 0 Å². The Balaban J connectivity index is 1.60. The van der Waals surface area contributed by atoms with Gasteiger partial charge in [0.2, 0.25) is 0 Å². The maximum atomic E-state index is 4.70. The lowest BCUT2D eigenvalue weighted by Gasteiger charge is -2.26. The van der Waals surface area contributed by atoms with Crippen LogP contribution in [0.25, 0.3) is 11.1 Å². The average Bonchev–Trinajstić information content (AvgIpc) is 2.69. The van der Waals surface area contributed by atoms with Gasteiger partial charge in [0, 0.05) is 23.9 Å². The molecule has 0 saturated heterocycles. The Morgan fingerprint density at radius 1 is 0.840 bits per heavy atom. The van der Waals surface area contributed by atoms with Gasteiger partial charge < -0.3 is 0 Å². The van der Waals surface area contributed by atoms with E-state index in [1.807, 2.05) is 12.4 Å². The van der Waals surface area contributed by atoms with Gasteiger partial charge in [0.15, 0.2) is 0 Å². The summed E-state index contributed by atoms with van der Waals surface area (Å²) in [5.74, 6) is 2.54. The first-order chi connectivity index (χ1) is 12.3. The normalized spacial score (nSPS) is 20.6. The first-order valence-electron chi connectivity index (χ1n) is 10.2. The fraction of sp³-hybridized carbons (Fsp3) is 0.565. The molecule has 0 aliphatic heterocycles. The fourth-order valence-corrected chi connectivity index (χ4v) is 3.97. The van der Waals surface area contributed by atoms with E-state index < -0.39 is 0 Å². The van der Waals surface area contributed by atoms with Gasteiger partial charge in [-0.1, -0.05) is 57.4 Å². The highest BCUT2D eigenvalue weighted by molar-refractivity contribution is 5.61. The number of benzene rings is 1. The van der Waals surface area contributed by atoms with Gasteiger partial charge in [-0.3, -0.25) is 0 Å². The molecule has 1 aliphatic rings. The van der Waals surface area contributed by atoms with Crippen molar-refractivity contribution in [2.45, 2.75) is 77.6 Å². The van der Waals surface area contributed by atoms with E-state index in [1.165, 1.54) is 68.9 Å². The molecule has 0 spiro atoms. The van der Waals surface area contributed by atoms with Crippen LogP contribution < -0.4 is 0 Å². The van der Waals surface area contributed by atoms with Crippen molar-refractivity contribution in [2.75, 3.05) is 0 Å². The first kappa shape index (κ1) is 18.1. The van der Waals surface area contributed by atoms with Gasteiger partial charge in [0.05, 0.1) is 0 Å². The minimum Gasteiger partial charge on any atom is -0.240 e. The van der Waals surface area contributed by atoms with Crippen molar-refractivity contribution in [3.05, 3.63) is 48.0 Å². The van der Waals surface area contributed by atoms with E-state index >= 15 is 0 Å². The lowest BCUT2D eigenvalue weighted by atomic mass is 9.80. The molecule has 0 unspecified atom stereocenters. The van der Waals surface area contributed by atoms with Crippen LogP contribution in [0.15, 0.2) is 36.7 Å². The minimum absolute atomic E-state index is 0.567. The molecular formula is C23H32N2. The maximum absolute atomic E-state index is 4.70. The molecule has 1 heterocycles. The van der Waals surface area contributed by atoms with Crippen LogP contribution in [0.2, 0.25) is 0 Å². The Hall–Kier alpha value is -1.70. The Morgan fingerprint density at radius 2 is 1.52 bits per heavy atom. The van der Waals surface area contributed by atoms with E-state index in [1.54, 1.807) is 0 Å². The van der Waals surface area contributed by atoms with Crippen molar-refractivity contribution in [3.63, 3.8) is 0 Å². The van der Waals surface area contributed by atoms with Gasteiger partial charge in [-0.15, -0.1) is 0 Å². The summed E-state index contributed by atoms with van der Waals surface area (Å²) in [6.07, 6.45) is 15.6. The molecule has 1 aromatic heterocycles. The molecule has 0 N–H and O–H groups in total. The number of aromatic nitrogens is 2. The molecule has 0 bridgehead atoms. The predicted octanol–water partition coefficient (Wildman–Crippen LogP) is 6.56. The highest BCUT2D eigenvalue weighted by atomic mass is 14.9. The Labute approximate surface area is 153 Å². The molecule has 0 amide bonds. The van der Waals surface area contributed by atoms with Crippen LogP contribution in [0.3, 0.4) is 0 Å². The average molecular weight is 337 g/mol. The second-order valence-electron chi connectivity index (χ2n) is 7.61. The maximum Gasteiger partial charge on any atom is 0.131 e. The summed E-state index contributed by atoms with van der Waals surface area (Å²) in [7, 11) is 0. The predicted molar refractivity (Wildman–Crippen MR) is 106 cm³/mol. The minimum atomic E-state index is 0.567. The van der Waals surface area contributed by atoms with Gasteiger partial charge >= 0.3 is 0 Å². The lowest BCUT2D eigenvalue weighted by Crippen LogP contribution is -2.14. The summed E-state index contributed by atoms with van der Waals surface area (Å²) in [5.41, 5.74) is 3.79. The zero-order valence-corrected chi connectivity index (χ0v) is 15.9. The summed E-state index contributed by atoms with van der Waals surface area (Å²) in [6, 6.07) is 8.94. The molecule has 0 radical (unpaired) electrons. The van der Waals surface area contributed by atoms with E-state index in [0.29, 0.717) is 5.92 Å². The van der Waals surface area contributed by atoms with Crippen LogP contribution in [0.5, 0.6) is 0 Å². The quantitative estimate of drug-likeness (QED) is 0.535. The summed E-state index contributed by atoms with van der Waals surface area (Å²) >= 11 is 0. The second-order valence-corrected chi connectivity index (χ2v) is 7.61. The summed E-state index contributed by atoms with van der Waals surface area (Å²) in [6.45, 7) is 4.56. The van der Waals surface area contributed by atoms with Gasteiger partial charge in [-0.2, -0.15) is 0 Å². The monoisotopic (exact) mass is 336 g/mol. The van der Waals surface area contributed by atoms with E-state index in [-0.39, 0.29) is 0 Å². The summed E-state index contributed by atoms with van der Waals surface area (Å²) < 4.78 is 0. The molecule has 1 fully saturated rings. The Bertz CT molecular complexity index is 622. The molecular weight excluding hydrogens is 304 g/mol. The molecule has 2 heteroatoms. The van der Waals surface area contributed by atoms with E-state index in [9.17, 15) is 0 Å². The van der Waals surface area contributed by atoms with Crippen molar-refractivity contribution in [1.82, 2.24) is 9.97 Å². The number of rotatable bonds is 7. The van der Waals surface area contributed by atoms with Crippen LogP contribution in [0.4, 0.5) is 0 Å². The van der Waals surface area contributed by atoms with Gasteiger partial charge in [0.1, 0.15) is 5.82 Å². The second kappa shape index (κ2) is 9.12. The summed E-state index contributed by atoms with van der Waals surface area (Å²) in [4.78, 5) is 9.40. The number of hydrogen-bond acceptors (Lipinski definition) is 2. The molecule has 134 valence electrons. The highest BCUT2D eigenvalue weighted by Gasteiger charge is 2.23. The van der Waals surface area contributed by atoms with E-state index in [2.05, 4.69) is 38.1 Å². The zero-order valence-electron chi connectivity index (χ0n) is 15.9. The van der Waals surface area contributed by atoms with E-state index in [0.717, 1.165) is 17.3 Å². The number of hydrogen-bond donors (Lipinski definition) is 0. The van der Waals surface area contributed by atoms with Crippen molar-refractivity contribution in [2.24, 2.45) is 5.92 Å². The first-order valence-corrected chi connectivity index (χ1v) is 10.2. The third kappa shape index (κ3) is 4.90. The molecule has 3 rings (SSSR count). The molecule has 2 aromatic rings. The zero-order chi connectivity index (χ0) is 17.5. The Kier molecular flexibility index (Phi) is 6.61. The van der Waals surface area contributed by atoms with Gasteiger partial charge in [0.25, 0.3) is 0 Å². The molecule has 1 aliphatic carbocycles. The molecule has 25 heavy (non-hydrogen) atoms. The highest BCUT2D eigenvalue weighted by Crippen LogP contribution is 2.35. The SMILES string of the molecule is CCCCCc1ccc(-c2cnc([C@H]3CC[C@H](CC)CC3)nc2)cc1. The number of aryl methyl sites for hydroxylation is 1. The fourth-order valence-electron chi connectivity index (χ4n) is 3.97. The van der Waals surface area contributed by atoms with Crippen LogP contribution in [-0.4, -0.2) is 9.97 Å². The van der Waals surface area contributed by atoms with Crippen LogP contribution in [0, 0.1) is 5.92 Å². The summed E-state index contributed by atoms with van der Waals surface area (Å²) in [5, 5.41) is 0. The standard InChI is InChI=1S/C23H32N2/c1-3-5-6-7-19-10-12-20(13-11-19)22-16-24-23(25-17-22)21-14-8-18(4-2)9-15-21/h10-13,16-18,21H,3-9,14-15H2,1-2H3/t18-,21-. The smallest absolute Gasteiger partial charge is 0.131 e. The number of unbranched alkanes of at least 4 members (excludes halogenated alkanes) is 2. The molecule has 0 atom stereocenters. The lowest BCUT2D eigenvalue weighted by molar-refractivity contribution is 0.312. The molecule has 2 nitrogen and oxygen atoms in total. The number of nitrogens with zero attached hydrogens (tertiary/aromatic N) is 2. The third-order valence-corrected chi connectivity index (χ3v) is 5.82. The van der Waals surface area contributed by atoms with Crippen molar-refractivity contribution in [3.8, 4) is 11.1 Å². The van der Waals surface area contributed by atoms with Crippen LogP contribution >= 0.6 is 0 Å². The van der Waals surface area contributed by atoms with Crippen molar-refractivity contribution >= 4 is 0 Å². The van der Waals surface area contributed by atoms with Gasteiger partial charge in [-0.05, 0) is 55.6 Å². The molecule has 1 aromatic carbocycles. The third-order valence-electron chi connectivity index (χ3n) is 5.82. The van der Waals surface area contributed by atoms with E-state index in [4.69, 9.17) is 9.97 Å². The van der Waals surface area contributed by atoms with Crippen LogP contribution in [-0.2, 0) is 6.42 Å². The Morgan fingerprint density at radius 3 is 2.12 bits per heavy atom. The largest absolute Gasteiger partial charge is 0.240 e. The van der Waals surface area contributed by atoms with Crippen LogP contribution in [0.1, 0.15) is 82.5 Å².